The van der Waals surface area contributed by atoms with Crippen molar-refractivity contribution >= 4 is 11.9 Å². The van der Waals surface area contributed by atoms with Crippen LogP contribution in [0.4, 0.5) is 5.95 Å². The number of anilines is 1. The minimum atomic E-state index is -0.0558. The summed E-state index contributed by atoms with van der Waals surface area (Å²) in [5.74, 6) is 0.735. The third kappa shape index (κ3) is 3.56. The summed E-state index contributed by atoms with van der Waals surface area (Å²) < 4.78 is 0. The van der Waals surface area contributed by atoms with Gasteiger partial charge in [-0.3, -0.25) is 9.69 Å². The van der Waals surface area contributed by atoms with E-state index in [2.05, 4.69) is 30.0 Å². The van der Waals surface area contributed by atoms with Crippen LogP contribution in [-0.4, -0.2) is 86.0 Å². The van der Waals surface area contributed by atoms with Gasteiger partial charge in [0.2, 0.25) is 5.95 Å². The predicted molar refractivity (Wildman–Crippen MR) is 107 cm³/mol. The van der Waals surface area contributed by atoms with E-state index in [1.165, 1.54) is 4.80 Å². The van der Waals surface area contributed by atoms with Gasteiger partial charge in [-0.1, -0.05) is 18.2 Å². The number of benzene rings is 1. The first-order valence-corrected chi connectivity index (χ1v) is 9.81. The molecular formula is C20H22N8O. The van der Waals surface area contributed by atoms with Gasteiger partial charge in [-0.25, -0.2) is 9.97 Å². The van der Waals surface area contributed by atoms with Crippen LogP contribution in [0, 0.1) is 0 Å². The molecule has 0 bridgehead atoms. The summed E-state index contributed by atoms with van der Waals surface area (Å²) in [5.41, 5.74) is 1.23. The molecule has 0 radical (unpaired) electrons. The van der Waals surface area contributed by atoms with Gasteiger partial charge in [0.25, 0.3) is 5.91 Å². The van der Waals surface area contributed by atoms with E-state index in [0.717, 1.165) is 50.9 Å². The number of likely N-dealkylation sites (tertiary alicyclic amines) is 1. The number of aromatic nitrogens is 5. The number of nitrogens with zero attached hydrogens (tertiary/aromatic N) is 8. The Balaban J connectivity index is 1.14. The molecule has 2 fully saturated rings. The van der Waals surface area contributed by atoms with Gasteiger partial charge in [0, 0.05) is 57.7 Å². The van der Waals surface area contributed by atoms with Crippen LogP contribution in [-0.2, 0) is 0 Å². The Morgan fingerprint density at radius 1 is 0.931 bits per heavy atom. The molecule has 29 heavy (non-hydrogen) atoms. The maximum absolute atomic E-state index is 12.7. The van der Waals surface area contributed by atoms with Gasteiger partial charge >= 0.3 is 0 Å². The number of amides is 1. The van der Waals surface area contributed by atoms with Gasteiger partial charge in [-0.05, 0) is 18.2 Å². The van der Waals surface area contributed by atoms with Crippen molar-refractivity contribution in [2.24, 2.45) is 0 Å². The lowest BCUT2D eigenvalue weighted by Gasteiger charge is -2.47. The smallest absolute Gasteiger partial charge is 0.276 e. The molecular weight excluding hydrogens is 368 g/mol. The van der Waals surface area contributed by atoms with Crippen molar-refractivity contribution < 1.29 is 4.79 Å². The largest absolute Gasteiger partial charge is 0.338 e. The van der Waals surface area contributed by atoms with Crippen LogP contribution in [0.15, 0.2) is 55.0 Å². The number of para-hydroxylation sites is 1. The number of hydrogen-bond acceptors (Lipinski definition) is 7. The first-order valence-electron chi connectivity index (χ1n) is 9.81. The molecule has 0 aliphatic carbocycles. The average Bonchev–Trinajstić information content (AvgIpc) is 3.25. The maximum atomic E-state index is 12.7. The average molecular weight is 390 g/mol. The van der Waals surface area contributed by atoms with E-state index in [4.69, 9.17) is 0 Å². The van der Waals surface area contributed by atoms with Gasteiger partial charge in [0.15, 0.2) is 5.69 Å². The standard InChI is InChI=1S/C20H22N8O/c29-19(18-13-23-28(24-18)16-5-2-1-3-6-16)27-14-17(15-27)25-9-11-26(12-10-25)20-21-7-4-8-22-20/h1-8,13,17H,9-12,14-15H2. The number of piperazine rings is 1. The van der Waals surface area contributed by atoms with Crippen LogP contribution in [0.3, 0.4) is 0 Å². The molecule has 4 heterocycles. The van der Waals surface area contributed by atoms with E-state index in [0.29, 0.717) is 11.7 Å². The molecule has 0 unspecified atom stereocenters. The predicted octanol–water partition coefficient (Wildman–Crippen LogP) is 0.704. The first kappa shape index (κ1) is 17.7. The van der Waals surface area contributed by atoms with Crippen molar-refractivity contribution in [3.8, 4) is 5.69 Å². The molecule has 2 aliphatic rings. The minimum Gasteiger partial charge on any atom is -0.338 e. The SMILES string of the molecule is O=C(c1cnn(-c2ccccc2)n1)N1CC(N2CCN(c3ncccn3)CC2)C1. The molecule has 0 N–H and O–H groups in total. The van der Waals surface area contributed by atoms with Crippen molar-refractivity contribution in [2.45, 2.75) is 6.04 Å². The van der Waals surface area contributed by atoms with E-state index < -0.39 is 0 Å². The molecule has 3 aromatic rings. The highest BCUT2D eigenvalue weighted by molar-refractivity contribution is 5.92. The van der Waals surface area contributed by atoms with Crippen LogP contribution in [0.1, 0.15) is 10.5 Å². The molecule has 0 atom stereocenters. The monoisotopic (exact) mass is 390 g/mol. The van der Waals surface area contributed by atoms with Crippen molar-refractivity contribution in [3.05, 3.63) is 60.7 Å². The van der Waals surface area contributed by atoms with E-state index in [1.807, 2.05) is 41.3 Å². The third-order valence-corrected chi connectivity index (χ3v) is 5.51. The van der Waals surface area contributed by atoms with Crippen molar-refractivity contribution in [1.29, 1.82) is 0 Å². The summed E-state index contributed by atoms with van der Waals surface area (Å²) in [5, 5.41) is 8.57. The summed E-state index contributed by atoms with van der Waals surface area (Å²) >= 11 is 0. The molecule has 9 nitrogen and oxygen atoms in total. The van der Waals surface area contributed by atoms with Crippen LogP contribution < -0.4 is 4.90 Å². The molecule has 0 saturated carbocycles. The maximum Gasteiger partial charge on any atom is 0.276 e. The van der Waals surface area contributed by atoms with Crippen LogP contribution in [0.5, 0.6) is 0 Å². The van der Waals surface area contributed by atoms with Gasteiger partial charge in [-0.2, -0.15) is 9.90 Å². The zero-order valence-corrected chi connectivity index (χ0v) is 16.0. The first-order chi connectivity index (χ1) is 14.3. The Kier molecular flexibility index (Phi) is 4.65. The highest BCUT2D eigenvalue weighted by Crippen LogP contribution is 2.20. The summed E-state index contributed by atoms with van der Waals surface area (Å²) in [4.78, 5) is 29.4. The number of carbonyl (C=O) groups is 1. The molecule has 2 aliphatic heterocycles. The lowest BCUT2D eigenvalue weighted by Crippen LogP contribution is -2.64. The quantitative estimate of drug-likeness (QED) is 0.649. The fourth-order valence-corrected chi connectivity index (χ4v) is 3.80. The molecule has 9 heteroatoms. The van der Waals surface area contributed by atoms with Crippen molar-refractivity contribution in [2.75, 3.05) is 44.2 Å². The lowest BCUT2D eigenvalue weighted by molar-refractivity contribution is 0.0241. The molecule has 2 aromatic heterocycles. The van der Waals surface area contributed by atoms with Gasteiger partial charge in [-0.15, -0.1) is 5.10 Å². The summed E-state index contributed by atoms with van der Waals surface area (Å²) in [7, 11) is 0. The third-order valence-electron chi connectivity index (χ3n) is 5.51. The van der Waals surface area contributed by atoms with E-state index in [9.17, 15) is 4.79 Å². The fourth-order valence-electron chi connectivity index (χ4n) is 3.80. The van der Waals surface area contributed by atoms with Crippen molar-refractivity contribution in [1.82, 2.24) is 34.8 Å². The second-order valence-corrected chi connectivity index (χ2v) is 7.29. The number of carbonyl (C=O) groups excluding carboxylic acids is 1. The van der Waals surface area contributed by atoms with Gasteiger partial charge in [0.1, 0.15) is 0 Å². The van der Waals surface area contributed by atoms with E-state index in [1.54, 1.807) is 18.6 Å². The minimum absolute atomic E-state index is 0.0558. The Hall–Kier alpha value is -3.33. The van der Waals surface area contributed by atoms with Gasteiger partial charge in [0.05, 0.1) is 11.9 Å². The Bertz CT molecular complexity index is 962. The van der Waals surface area contributed by atoms with Crippen LogP contribution in [0.2, 0.25) is 0 Å². The zero-order valence-electron chi connectivity index (χ0n) is 16.0. The Labute approximate surface area is 168 Å². The molecule has 5 rings (SSSR count). The molecule has 2 saturated heterocycles. The van der Waals surface area contributed by atoms with E-state index in [-0.39, 0.29) is 5.91 Å². The second-order valence-electron chi connectivity index (χ2n) is 7.29. The van der Waals surface area contributed by atoms with Crippen molar-refractivity contribution in [3.63, 3.8) is 0 Å². The molecule has 0 spiro atoms. The second kappa shape index (κ2) is 7.59. The summed E-state index contributed by atoms with van der Waals surface area (Å²) in [6.07, 6.45) is 5.09. The number of rotatable bonds is 4. The highest BCUT2D eigenvalue weighted by atomic mass is 16.2. The summed E-state index contributed by atoms with van der Waals surface area (Å²) in [6, 6.07) is 11.8. The van der Waals surface area contributed by atoms with Gasteiger partial charge < -0.3 is 9.80 Å². The fraction of sp³-hybridized carbons (Fsp3) is 0.350. The topological polar surface area (TPSA) is 83.3 Å². The zero-order chi connectivity index (χ0) is 19.6. The molecule has 1 aromatic carbocycles. The van der Waals surface area contributed by atoms with Crippen LogP contribution >= 0.6 is 0 Å². The lowest BCUT2D eigenvalue weighted by atomic mass is 10.1. The Morgan fingerprint density at radius 2 is 1.66 bits per heavy atom. The molecule has 1 amide bonds. The normalized spacial score (nSPS) is 17.9. The number of hydrogen-bond donors (Lipinski definition) is 0. The van der Waals surface area contributed by atoms with Crippen LogP contribution in [0.25, 0.3) is 5.69 Å². The summed E-state index contributed by atoms with van der Waals surface area (Å²) in [6.45, 7) is 5.18. The Morgan fingerprint density at radius 3 is 2.38 bits per heavy atom. The van der Waals surface area contributed by atoms with E-state index >= 15 is 0 Å². The highest BCUT2D eigenvalue weighted by Gasteiger charge is 2.37. The molecule has 148 valence electrons.